The fourth-order valence-electron chi connectivity index (χ4n) is 6.06. The van der Waals surface area contributed by atoms with E-state index in [1.165, 1.54) is 0 Å². The van der Waals surface area contributed by atoms with Crippen LogP contribution in [0.25, 0.3) is 0 Å². The minimum absolute atomic E-state index is 0.0392. The van der Waals surface area contributed by atoms with Gasteiger partial charge in [-0.05, 0) is 50.0 Å². The summed E-state index contributed by atoms with van der Waals surface area (Å²) in [6.07, 6.45) is 7.64. The monoisotopic (exact) mass is 290 g/mol. The number of carboxylic acid groups (broad SMARTS) is 1. The van der Waals surface area contributed by atoms with Crippen LogP contribution in [0.15, 0.2) is 12.2 Å². The molecule has 2 saturated carbocycles. The molecule has 1 N–H and O–H groups in total. The molecule has 4 fully saturated rings. The van der Waals surface area contributed by atoms with Gasteiger partial charge in [0.2, 0.25) is 0 Å². The summed E-state index contributed by atoms with van der Waals surface area (Å²) >= 11 is 0. The Morgan fingerprint density at radius 3 is 2.90 bits per heavy atom. The number of hydrogen-bond donors (Lipinski definition) is 1. The Kier molecular flexibility index (Phi) is 2.43. The molecule has 4 bridgehead atoms. The summed E-state index contributed by atoms with van der Waals surface area (Å²) in [5.74, 6) is -0.0482. The zero-order chi connectivity index (χ0) is 15.0. The molecule has 5 unspecified atom stereocenters. The molecule has 0 aromatic carbocycles. The lowest BCUT2D eigenvalue weighted by Gasteiger charge is -2.54. The van der Waals surface area contributed by atoms with Crippen LogP contribution in [0.5, 0.6) is 0 Å². The number of aliphatic carboxylic acids is 1. The Bertz CT molecular complexity index is 567. The maximum absolute atomic E-state index is 12.6. The number of carbonyl (C=O) groups excluding carboxylic acids is 1. The number of ether oxygens (including phenoxy) is 1. The van der Waals surface area contributed by atoms with E-state index in [9.17, 15) is 9.59 Å². The van der Waals surface area contributed by atoms with Crippen LogP contribution in [-0.2, 0) is 14.3 Å². The van der Waals surface area contributed by atoms with E-state index in [0.717, 1.165) is 19.3 Å². The minimum Gasteiger partial charge on any atom is -0.481 e. The van der Waals surface area contributed by atoms with Crippen LogP contribution in [0, 0.1) is 22.7 Å². The van der Waals surface area contributed by atoms with Crippen molar-refractivity contribution >= 4 is 11.8 Å². The lowest BCUT2D eigenvalue weighted by Crippen LogP contribution is -2.55. The number of allylic oxidation sites excluding steroid dienone is 2. The van der Waals surface area contributed by atoms with Crippen molar-refractivity contribution < 1.29 is 19.4 Å². The molecule has 0 aromatic heterocycles. The summed E-state index contributed by atoms with van der Waals surface area (Å²) < 4.78 is 6.32. The van der Waals surface area contributed by atoms with E-state index < -0.39 is 11.4 Å². The van der Waals surface area contributed by atoms with E-state index in [4.69, 9.17) is 9.84 Å². The van der Waals surface area contributed by atoms with Crippen molar-refractivity contribution in [1.82, 2.24) is 0 Å². The Morgan fingerprint density at radius 1 is 1.43 bits per heavy atom. The Hall–Kier alpha value is -1.16. The van der Waals surface area contributed by atoms with Gasteiger partial charge in [-0.15, -0.1) is 0 Å². The largest absolute Gasteiger partial charge is 0.481 e. The molecule has 1 spiro atoms. The van der Waals surface area contributed by atoms with Crippen molar-refractivity contribution in [3.63, 3.8) is 0 Å². The SMILES string of the molecule is CC12CC3CC4(C=CC(=O)[C@@](C)(CCC(=O)O)C4C3O1)C2. The molecule has 2 saturated heterocycles. The van der Waals surface area contributed by atoms with Crippen molar-refractivity contribution in [3.05, 3.63) is 12.2 Å². The van der Waals surface area contributed by atoms with Gasteiger partial charge in [-0.2, -0.15) is 0 Å². The topological polar surface area (TPSA) is 63.6 Å². The number of carboxylic acids is 1. The van der Waals surface area contributed by atoms with Crippen LogP contribution in [0.4, 0.5) is 0 Å². The van der Waals surface area contributed by atoms with Crippen molar-refractivity contribution in [2.24, 2.45) is 22.7 Å². The highest BCUT2D eigenvalue weighted by Crippen LogP contribution is 2.71. The molecule has 6 atom stereocenters. The molecule has 0 radical (unpaired) electrons. The molecular formula is C17H22O4. The Balaban J connectivity index is 1.76. The maximum atomic E-state index is 12.6. The third-order valence-corrected chi connectivity index (χ3v) is 6.55. The van der Waals surface area contributed by atoms with Crippen LogP contribution in [0.3, 0.4) is 0 Å². The molecule has 4 heteroatoms. The van der Waals surface area contributed by atoms with E-state index in [2.05, 4.69) is 13.0 Å². The van der Waals surface area contributed by atoms with Crippen LogP contribution >= 0.6 is 0 Å². The third kappa shape index (κ3) is 1.60. The van der Waals surface area contributed by atoms with E-state index in [-0.39, 0.29) is 35.2 Å². The average molecular weight is 290 g/mol. The summed E-state index contributed by atoms with van der Waals surface area (Å²) in [7, 11) is 0. The predicted molar refractivity (Wildman–Crippen MR) is 75.7 cm³/mol. The second-order valence-corrected chi connectivity index (χ2v) is 8.10. The van der Waals surface area contributed by atoms with E-state index in [1.54, 1.807) is 6.08 Å². The summed E-state index contributed by atoms with van der Waals surface area (Å²) in [6, 6.07) is 0. The van der Waals surface area contributed by atoms with Crippen molar-refractivity contribution in [3.8, 4) is 0 Å². The van der Waals surface area contributed by atoms with Crippen molar-refractivity contribution in [2.45, 2.75) is 57.7 Å². The second-order valence-electron chi connectivity index (χ2n) is 8.10. The standard InChI is InChI=1S/C17H22O4/c1-15-7-10-8-17(9-15)6-3-11(18)16(2,5-4-12(19)20)14(17)13(10)21-15/h3,6,10,13-14H,4-5,7-9H2,1-2H3,(H,19,20)/t10?,13?,14?,15?,16-,17?/m1/s1. The normalized spacial score (nSPS) is 53.2. The Morgan fingerprint density at radius 2 is 2.19 bits per heavy atom. The highest BCUT2D eigenvalue weighted by atomic mass is 16.5. The zero-order valence-electron chi connectivity index (χ0n) is 12.6. The summed E-state index contributed by atoms with van der Waals surface area (Å²) in [6.45, 7) is 4.16. The summed E-state index contributed by atoms with van der Waals surface area (Å²) in [4.78, 5) is 23.6. The molecule has 5 aliphatic rings. The maximum Gasteiger partial charge on any atom is 0.303 e. The first-order valence-electron chi connectivity index (χ1n) is 7.91. The van der Waals surface area contributed by atoms with Gasteiger partial charge in [-0.25, -0.2) is 0 Å². The van der Waals surface area contributed by atoms with Gasteiger partial charge in [-0.1, -0.05) is 13.0 Å². The fourth-order valence-corrected chi connectivity index (χ4v) is 6.06. The number of hydrogen-bond acceptors (Lipinski definition) is 3. The lowest BCUT2D eigenvalue weighted by atomic mass is 9.53. The van der Waals surface area contributed by atoms with E-state index in [0.29, 0.717) is 12.3 Å². The molecule has 114 valence electrons. The number of rotatable bonds is 3. The summed E-state index contributed by atoms with van der Waals surface area (Å²) in [5, 5.41) is 9.03. The highest BCUT2D eigenvalue weighted by Gasteiger charge is 2.71. The van der Waals surface area contributed by atoms with Crippen LogP contribution in [0.1, 0.15) is 46.0 Å². The number of carbonyl (C=O) groups is 2. The van der Waals surface area contributed by atoms with Gasteiger partial charge in [0.25, 0.3) is 0 Å². The molecular weight excluding hydrogens is 268 g/mol. The van der Waals surface area contributed by atoms with Crippen LogP contribution in [-0.4, -0.2) is 28.6 Å². The van der Waals surface area contributed by atoms with E-state index in [1.807, 2.05) is 6.92 Å². The van der Waals surface area contributed by atoms with E-state index >= 15 is 0 Å². The highest BCUT2D eigenvalue weighted by molar-refractivity contribution is 5.96. The molecule has 5 rings (SSSR count). The smallest absolute Gasteiger partial charge is 0.303 e. The fraction of sp³-hybridized carbons (Fsp3) is 0.765. The first kappa shape index (κ1) is 13.5. The molecule has 21 heavy (non-hydrogen) atoms. The first-order chi connectivity index (χ1) is 9.78. The molecule has 0 amide bonds. The second kappa shape index (κ2) is 3.78. The van der Waals surface area contributed by atoms with Gasteiger partial charge in [0.1, 0.15) is 0 Å². The lowest BCUT2D eigenvalue weighted by molar-refractivity contribution is -0.170. The minimum atomic E-state index is -0.826. The Labute approximate surface area is 124 Å². The average Bonchev–Trinajstić information content (AvgIpc) is 2.75. The van der Waals surface area contributed by atoms with Crippen LogP contribution < -0.4 is 0 Å². The van der Waals surface area contributed by atoms with Gasteiger partial charge in [0.05, 0.1) is 11.7 Å². The van der Waals surface area contributed by atoms with Crippen molar-refractivity contribution in [2.75, 3.05) is 0 Å². The van der Waals surface area contributed by atoms with Crippen molar-refractivity contribution in [1.29, 1.82) is 0 Å². The van der Waals surface area contributed by atoms with Gasteiger partial charge >= 0.3 is 5.97 Å². The first-order valence-corrected chi connectivity index (χ1v) is 7.91. The zero-order valence-corrected chi connectivity index (χ0v) is 12.6. The van der Waals surface area contributed by atoms with Gasteiger partial charge in [0.15, 0.2) is 5.78 Å². The molecule has 3 aliphatic carbocycles. The predicted octanol–water partition coefficient (Wildman–Crippen LogP) is 2.57. The number of ketones is 1. The third-order valence-electron chi connectivity index (χ3n) is 6.55. The molecule has 4 nitrogen and oxygen atoms in total. The summed E-state index contributed by atoms with van der Waals surface area (Å²) in [5.41, 5.74) is -0.567. The van der Waals surface area contributed by atoms with Gasteiger partial charge < -0.3 is 9.84 Å². The molecule has 0 aromatic rings. The molecule has 2 aliphatic heterocycles. The molecule has 2 heterocycles. The van der Waals surface area contributed by atoms with Gasteiger partial charge in [-0.3, -0.25) is 9.59 Å². The van der Waals surface area contributed by atoms with Gasteiger partial charge in [0, 0.05) is 17.8 Å². The van der Waals surface area contributed by atoms with Crippen LogP contribution in [0.2, 0.25) is 0 Å². The quantitative estimate of drug-likeness (QED) is 0.867.